The molecule has 1 saturated heterocycles. The van der Waals surface area contributed by atoms with Crippen molar-refractivity contribution in [1.82, 2.24) is 19.7 Å². The van der Waals surface area contributed by atoms with Crippen LogP contribution in [0.15, 0.2) is 47.6 Å². The number of rotatable bonds is 10. The Morgan fingerprint density at radius 1 is 1.21 bits per heavy atom. The average Bonchev–Trinajstić information content (AvgIpc) is 3.21. The SMILES string of the molecule is CCNC(=NCc1cccc(OCCN(C)C2CCOCC2)c1)N(C)Cc1cccn1C.I. The average molecular weight is 570 g/mol. The van der Waals surface area contributed by atoms with Gasteiger partial charge >= 0.3 is 0 Å². The maximum Gasteiger partial charge on any atom is 0.194 e. The highest BCUT2D eigenvalue weighted by Crippen LogP contribution is 2.16. The Hall–Kier alpha value is -1.78. The topological polar surface area (TPSA) is 54.3 Å². The molecule has 1 aromatic carbocycles. The van der Waals surface area contributed by atoms with Crippen molar-refractivity contribution in [3.8, 4) is 5.75 Å². The summed E-state index contributed by atoms with van der Waals surface area (Å²) in [5, 5.41) is 3.40. The first kappa shape index (κ1) is 27.5. The van der Waals surface area contributed by atoms with E-state index in [4.69, 9.17) is 14.5 Å². The number of ether oxygens (including phenoxy) is 2. The maximum atomic E-state index is 6.04. The van der Waals surface area contributed by atoms with Crippen LogP contribution in [0.4, 0.5) is 0 Å². The van der Waals surface area contributed by atoms with Crippen LogP contribution in [-0.2, 0) is 24.9 Å². The largest absolute Gasteiger partial charge is 0.492 e. The van der Waals surface area contributed by atoms with Gasteiger partial charge in [-0.25, -0.2) is 4.99 Å². The number of benzene rings is 1. The summed E-state index contributed by atoms with van der Waals surface area (Å²) >= 11 is 0. The first-order chi connectivity index (χ1) is 15.6. The lowest BCUT2D eigenvalue weighted by molar-refractivity contribution is 0.0392. The number of nitrogens with one attached hydrogen (secondary N) is 1. The number of likely N-dealkylation sites (N-methyl/N-ethyl adjacent to an activating group) is 1. The molecule has 184 valence electrons. The highest BCUT2D eigenvalue weighted by atomic mass is 127. The van der Waals surface area contributed by atoms with Crippen LogP contribution in [0.25, 0.3) is 0 Å². The van der Waals surface area contributed by atoms with Gasteiger partial charge in [0.15, 0.2) is 5.96 Å². The van der Waals surface area contributed by atoms with Crippen LogP contribution in [0.5, 0.6) is 5.75 Å². The van der Waals surface area contributed by atoms with Crippen molar-refractivity contribution in [1.29, 1.82) is 0 Å². The van der Waals surface area contributed by atoms with Crippen molar-refractivity contribution in [2.45, 2.75) is 38.9 Å². The van der Waals surface area contributed by atoms with E-state index in [1.807, 2.05) is 12.1 Å². The lowest BCUT2D eigenvalue weighted by Gasteiger charge is -2.31. The molecular weight excluding hydrogens is 529 g/mol. The van der Waals surface area contributed by atoms with Crippen LogP contribution in [0.1, 0.15) is 31.0 Å². The van der Waals surface area contributed by atoms with E-state index < -0.39 is 0 Å². The van der Waals surface area contributed by atoms with Gasteiger partial charge in [-0.15, -0.1) is 24.0 Å². The summed E-state index contributed by atoms with van der Waals surface area (Å²) in [5.74, 6) is 1.80. The lowest BCUT2D eigenvalue weighted by atomic mass is 10.1. The highest BCUT2D eigenvalue weighted by molar-refractivity contribution is 14.0. The molecule has 1 fully saturated rings. The molecule has 1 aromatic heterocycles. The van der Waals surface area contributed by atoms with Gasteiger partial charge in [0.05, 0.1) is 13.1 Å². The first-order valence-electron chi connectivity index (χ1n) is 11.7. The molecule has 3 rings (SSSR count). The maximum absolute atomic E-state index is 6.04. The molecular formula is C25H40IN5O2. The van der Waals surface area contributed by atoms with Crippen LogP contribution in [0.2, 0.25) is 0 Å². The molecule has 33 heavy (non-hydrogen) atoms. The molecule has 0 bridgehead atoms. The molecule has 0 aliphatic carbocycles. The number of halogens is 1. The molecule has 2 aromatic rings. The van der Waals surface area contributed by atoms with Gasteiger partial charge in [0.2, 0.25) is 0 Å². The zero-order chi connectivity index (χ0) is 22.8. The lowest BCUT2D eigenvalue weighted by Crippen LogP contribution is -2.38. The third-order valence-electron chi connectivity index (χ3n) is 5.98. The normalized spacial score (nSPS) is 14.8. The molecule has 0 unspecified atom stereocenters. The molecule has 1 N–H and O–H groups in total. The smallest absolute Gasteiger partial charge is 0.194 e. The third-order valence-corrected chi connectivity index (χ3v) is 5.98. The van der Waals surface area contributed by atoms with Crippen molar-refractivity contribution in [3.63, 3.8) is 0 Å². The fraction of sp³-hybridized carbons (Fsp3) is 0.560. The van der Waals surface area contributed by atoms with E-state index in [2.05, 4.69) is 78.2 Å². The fourth-order valence-electron chi connectivity index (χ4n) is 3.96. The van der Waals surface area contributed by atoms with Crippen molar-refractivity contribution in [3.05, 3.63) is 53.9 Å². The fourth-order valence-corrected chi connectivity index (χ4v) is 3.96. The number of hydrogen-bond donors (Lipinski definition) is 1. The number of nitrogens with zero attached hydrogens (tertiary/aromatic N) is 4. The first-order valence-corrected chi connectivity index (χ1v) is 11.7. The number of aryl methyl sites for hydroxylation is 1. The van der Waals surface area contributed by atoms with E-state index in [0.717, 1.165) is 63.0 Å². The van der Waals surface area contributed by atoms with E-state index in [-0.39, 0.29) is 24.0 Å². The van der Waals surface area contributed by atoms with Gasteiger partial charge in [0.25, 0.3) is 0 Å². The Balaban J connectivity index is 0.00000385. The minimum atomic E-state index is 0. The number of aromatic nitrogens is 1. The van der Waals surface area contributed by atoms with Gasteiger partial charge in [-0.1, -0.05) is 12.1 Å². The van der Waals surface area contributed by atoms with Gasteiger partial charge in [0, 0.05) is 58.3 Å². The number of aliphatic imine (C=N–C) groups is 1. The zero-order valence-electron chi connectivity index (χ0n) is 20.5. The van der Waals surface area contributed by atoms with E-state index >= 15 is 0 Å². The van der Waals surface area contributed by atoms with Gasteiger partial charge < -0.3 is 24.3 Å². The quantitative estimate of drug-likeness (QED) is 0.269. The molecule has 7 nitrogen and oxygen atoms in total. The molecule has 8 heteroatoms. The Morgan fingerprint density at radius 3 is 2.70 bits per heavy atom. The van der Waals surface area contributed by atoms with Crippen molar-refractivity contribution < 1.29 is 9.47 Å². The second-order valence-electron chi connectivity index (χ2n) is 8.46. The molecule has 0 spiro atoms. The number of hydrogen-bond acceptors (Lipinski definition) is 4. The summed E-state index contributed by atoms with van der Waals surface area (Å²) < 4.78 is 13.6. The molecule has 1 aliphatic heterocycles. The van der Waals surface area contributed by atoms with Crippen molar-refractivity contribution in [2.24, 2.45) is 12.0 Å². The predicted molar refractivity (Wildman–Crippen MR) is 146 cm³/mol. The van der Waals surface area contributed by atoms with Crippen molar-refractivity contribution >= 4 is 29.9 Å². The summed E-state index contributed by atoms with van der Waals surface area (Å²) in [6.45, 7) is 7.68. The summed E-state index contributed by atoms with van der Waals surface area (Å²) in [6, 6.07) is 13.1. The zero-order valence-corrected chi connectivity index (χ0v) is 22.8. The number of guanidine groups is 1. The van der Waals surface area contributed by atoms with Gasteiger partial charge in [0.1, 0.15) is 12.4 Å². The minimum absolute atomic E-state index is 0. The standard InChI is InChI=1S/C25H39N5O2.HI/c1-5-26-25(30(4)20-23-9-7-13-28(23)2)27-19-21-8-6-10-24(18-21)32-17-14-29(3)22-11-15-31-16-12-22;/h6-10,13,18,22H,5,11-12,14-17,19-20H2,1-4H3,(H,26,27);1H. The predicted octanol–water partition coefficient (Wildman–Crippen LogP) is 3.73. The van der Waals surface area contributed by atoms with Crippen LogP contribution in [-0.4, -0.2) is 73.4 Å². The van der Waals surface area contributed by atoms with Gasteiger partial charge in [-0.3, -0.25) is 4.90 Å². The van der Waals surface area contributed by atoms with Crippen molar-refractivity contribution in [2.75, 3.05) is 47.0 Å². The summed E-state index contributed by atoms with van der Waals surface area (Å²) in [6.07, 6.45) is 4.29. The third kappa shape index (κ3) is 8.83. The molecule has 2 heterocycles. The van der Waals surface area contributed by atoms with Crippen LogP contribution < -0.4 is 10.1 Å². The van der Waals surface area contributed by atoms with Gasteiger partial charge in [-0.05, 0) is 56.6 Å². The Morgan fingerprint density at radius 2 is 2.00 bits per heavy atom. The summed E-state index contributed by atoms with van der Waals surface area (Å²) in [5.41, 5.74) is 2.39. The molecule has 0 amide bonds. The highest BCUT2D eigenvalue weighted by Gasteiger charge is 2.18. The van der Waals surface area contributed by atoms with Crippen LogP contribution in [0.3, 0.4) is 0 Å². The Bertz CT molecular complexity index is 851. The van der Waals surface area contributed by atoms with E-state index in [9.17, 15) is 0 Å². The monoisotopic (exact) mass is 569 g/mol. The van der Waals surface area contributed by atoms with E-state index in [1.165, 1.54) is 5.69 Å². The summed E-state index contributed by atoms with van der Waals surface area (Å²) in [7, 11) is 6.32. The second kappa shape index (κ2) is 14.5. The molecule has 0 atom stereocenters. The molecule has 0 radical (unpaired) electrons. The van der Waals surface area contributed by atoms with E-state index in [1.54, 1.807) is 0 Å². The van der Waals surface area contributed by atoms with Crippen LogP contribution in [0, 0.1) is 0 Å². The summed E-state index contributed by atoms with van der Waals surface area (Å²) in [4.78, 5) is 9.40. The van der Waals surface area contributed by atoms with Crippen LogP contribution >= 0.6 is 24.0 Å². The molecule has 0 saturated carbocycles. The Kier molecular flexibility index (Phi) is 12.0. The minimum Gasteiger partial charge on any atom is -0.492 e. The van der Waals surface area contributed by atoms with Gasteiger partial charge in [-0.2, -0.15) is 0 Å². The molecule has 1 aliphatic rings. The Labute approximate surface area is 216 Å². The van der Waals surface area contributed by atoms with E-state index in [0.29, 0.717) is 19.2 Å². The second-order valence-corrected chi connectivity index (χ2v) is 8.46.